The number of para-hydroxylation sites is 2. The fourth-order valence-corrected chi connectivity index (χ4v) is 4.13. The first-order chi connectivity index (χ1) is 18.9. The van der Waals surface area contributed by atoms with Gasteiger partial charge in [-0.05, 0) is 88.8 Å². The Morgan fingerprint density at radius 2 is 1.12 bits per heavy atom. The van der Waals surface area contributed by atoms with Crippen molar-refractivity contribution in [3.63, 3.8) is 0 Å². The first-order valence-electron chi connectivity index (χ1n) is 13.8. The Labute approximate surface area is 237 Å². The Morgan fingerprint density at radius 1 is 0.675 bits per heavy atom. The van der Waals surface area contributed by atoms with Gasteiger partial charge in [0.1, 0.15) is 17.3 Å². The second kappa shape index (κ2) is 14.0. The Kier molecular flexibility index (Phi) is 10.8. The highest BCUT2D eigenvalue weighted by Gasteiger charge is 2.31. The van der Waals surface area contributed by atoms with Crippen molar-refractivity contribution in [2.45, 2.75) is 72.3 Å². The second-order valence-corrected chi connectivity index (χ2v) is 11.6. The average Bonchev–Trinajstić information content (AvgIpc) is 2.93. The molecule has 0 bridgehead atoms. The van der Waals surface area contributed by atoms with Gasteiger partial charge in [-0.15, -0.1) is 0 Å². The van der Waals surface area contributed by atoms with Crippen LogP contribution in [0.4, 0.5) is 0 Å². The van der Waals surface area contributed by atoms with Crippen molar-refractivity contribution in [3.8, 4) is 11.5 Å². The molecule has 1 N–H and O–H groups in total. The summed E-state index contributed by atoms with van der Waals surface area (Å²) in [4.78, 5) is 37.8. The third-order valence-corrected chi connectivity index (χ3v) is 7.04. The van der Waals surface area contributed by atoms with Gasteiger partial charge in [0, 0.05) is 12.8 Å². The first kappa shape index (κ1) is 30.8. The number of esters is 2. The quantitative estimate of drug-likeness (QED) is 0.183. The summed E-state index contributed by atoms with van der Waals surface area (Å²) in [5.41, 5.74) is 0.336. The van der Waals surface area contributed by atoms with Gasteiger partial charge in [0.2, 0.25) is 0 Å². The minimum Gasteiger partial charge on any atom is -0.426 e. The fourth-order valence-electron chi connectivity index (χ4n) is 4.13. The van der Waals surface area contributed by atoms with Crippen LogP contribution in [-0.4, -0.2) is 28.9 Å². The predicted molar refractivity (Wildman–Crippen MR) is 155 cm³/mol. The lowest BCUT2D eigenvalue weighted by Crippen LogP contribution is -2.30. The van der Waals surface area contributed by atoms with Gasteiger partial charge in [-0.3, -0.25) is 14.4 Å². The molecule has 0 aliphatic heterocycles. The van der Waals surface area contributed by atoms with Crippen LogP contribution < -0.4 is 9.47 Å². The lowest BCUT2D eigenvalue weighted by Gasteiger charge is -2.23. The number of ketones is 1. The van der Waals surface area contributed by atoms with Crippen LogP contribution >= 0.6 is 0 Å². The summed E-state index contributed by atoms with van der Waals surface area (Å²) in [6, 6.07) is 25.5. The number of hydrogen-bond donors (Lipinski definition) is 1. The molecule has 3 aromatic carbocycles. The fraction of sp³-hybridized carbons (Fsp3) is 0.382. The number of rotatable bonds is 14. The number of aliphatic hydroxyl groups excluding tert-OH is 1. The zero-order valence-electron chi connectivity index (χ0n) is 23.9. The van der Waals surface area contributed by atoms with E-state index in [1.807, 2.05) is 62.4 Å². The zero-order chi connectivity index (χ0) is 29.2. The summed E-state index contributed by atoms with van der Waals surface area (Å²) >= 11 is 0. The van der Waals surface area contributed by atoms with Crippen LogP contribution in [0.1, 0.15) is 64.5 Å². The number of aliphatic hydroxyl groups is 1. The van der Waals surface area contributed by atoms with E-state index in [4.69, 9.17) is 9.47 Å². The van der Waals surface area contributed by atoms with Gasteiger partial charge in [0.15, 0.2) is 0 Å². The predicted octanol–water partition coefficient (Wildman–Crippen LogP) is 6.53. The Hall–Kier alpha value is -3.77. The molecule has 0 spiro atoms. The lowest BCUT2D eigenvalue weighted by atomic mass is 9.85. The topological polar surface area (TPSA) is 89.9 Å². The number of hydrogen-bond acceptors (Lipinski definition) is 6. The van der Waals surface area contributed by atoms with E-state index in [0.717, 1.165) is 11.1 Å². The van der Waals surface area contributed by atoms with E-state index in [1.54, 1.807) is 50.2 Å². The maximum atomic E-state index is 12.6. The van der Waals surface area contributed by atoms with Crippen molar-refractivity contribution >= 4 is 17.7 Å². The molecule has 0 aliphatic rings. The Bertz CT molecular complexity index is 1250. The highest BCUT2D eigenvalue weighted by atomic mass is 16.5. The molecular weight excluding hydrogens is 504 g/mol. The monoisotopic (exact) mass is 544 g/mol. The molecular formula is C34H40O6. The summed E-state index contributed by atoms with van der Waals surface area (Å²) in [6.45, 7) is 7.23. The largest absolute Gasteiger partial charge is 0.426 e. The molecule has 1 unspecified atom stereocenters. The summed E-state index contributed by atoms with van der Waals surface area (Å²) in [7, 11) is 0. The number of Topliss-reactive ketones (excluding diaryl/α,β-unsaturated/α-hetero) is 1. The number of benzene rings is 3. The van der Waals surface area contributed by atoms with E-state index in [9.17, 15) is 19.5 Å². The Balaban J connectivity index is 1.41. The molecule has 0 heterocycles. The molecule has 40 heavy (non-hydrogen) atoms. The van der Waals surface area contributed by atoms with Gasteiger partial charge in [0.25, 0.3) is 0 Å². The van der Waals surface area contributed by atoms with Crippen molar-refractivity contribution in [1.29, 1.82) is 0 Å². The molecule has 6 heteroatoms. The minimum absolute atomic E-state index is 0.0537. The third kappa shape index (κ3) is 9.76. The highest BCUT2D eigenvalue weighted by Crippen LogP contribution is 2.28. The second-order valence-electron chi connectivity index (χ2n) is 11.6. The highest BCUT2D eigenvalue weighted by molar-refractivity contribution is 5.83. The lowest BCUT2D eigenvalue weighted by molar-refractivity contribution is -0.145. The van der Waals surface area contributed by atoms with E-state index in [1.165, 1.54) is 0 Å². The molecule has 3 aromatic rings. The summed E-state index contributed by atoms with van der Waals surface area (Å²) < 4.78 is 10.9. The summed E-state index contributed by atoms with van der Waals surface area (Å²) in [5.74, 6) is 0.376. The molecule has 0 saturated carbocycles. The van der Waals surface area contributed by atoms with E-state index in [-0.39, 0.29) is 30.6 Å². The molecule has 0 radical (unpaired) electrons. The molecule has 1 atom stereocenters. The van der Waals surface area contributed by atoms with Gasteiger partial charge in [-0.2, -0.15) is 0 Å². The number of ether oxygens (including phenoxy) is 2. The maximum Gasteiger partial charge on any atom is 0.316 e. The Morgan fingerprint density at radius 3 is 1.62 bits per heavy atom. The average molecular weight is 545 g/mol. The maximum absolute atomic E-state index is 12.6. The van der Waals surface area contributed by atoms with Crippen molar-refractivity contribution in [2.75, 3.05) is 0 Å². The number of carbonyl (C=O) groups is 3. The van der Waals surface area contributed by atoms with Crippen molar-refractivity contribution in [2.24, 2.45) is 10.8 Å². The third-order valence-electron chi connectivity index (χ3n) is 7.04. The van der Waals surface area contributed by atoms with Crippen LogP contribution in [0, 0.1) is 10.8 Å². The SMILES string of the molecule is CC(C)(CCC(=O)Cc1ccc(CC(O)CCC(C)(C)C(=O)Oc2ccccc2)cc1)C(=O)Oc1ccccc1. The molecule has 0 amide bonds. The van der Waals surface area contributed by atoms with Gasteiger partial charge in [-0.25, -0.2) is 0 Å². The van der Waals surface area contributed by atoms with E-state index < -0.39 is 16.9 Å². The van der Waals surface area contributed by atoms with Crippen LogP contribution in [0.3, 0.4) is 0 Å². The van der Waals surface area contributed by atoms with Crippen molar-refractivity contribution < 1.29 is 29.0 Å². The molecule has 0 aliphatic carbocycles. The first-order valence-corrected chi connectivity index (χ1v) is 13.8. The van der Waals surface area contributed by atoms with Crippen molar-refractivity contribution in [3.05, 3.63) is 96.1 Å². The standard InChI is InChI=1S/C34H40O6/c1-33(2,31(37)39-29-11-7-5-8-12-29)21-19-27(35)23-25-15-17-26(18-16-25)24-28(36)20-22-34(3,4)32(38)40-30-13-9-6-10-14-30/h5-18,27,35H,19-24H2,1-4H3. The van der Waals surface area contributed by atoms with Gasteiger partial charge in [-0.1, -0.05) is 60.7 Å². The van der Waals surface area contributed by atoms with E-state index >= 15 is 0 Å². The van der Waals surface area contributed by atoms with Crippen LogP contribution in [0.15, 0.2) is 84.9 Å². The molecule has 0 fully saturated rings. The van der Waals surface area contributed by atoms with Gasteiger partial charge >= 0.3 is 11.9 Å². The number of carbonyl (C=O) groups excluding carboxylic acids is 3. The normalized spacial score (nSPS) is 12.4. The van der Waals surface area contributed by atoms with E-state index in [0.29, 0.717) is 37.2 Å². The minimum atomic E-state index is -0.779. The molecule has 6 nitrogen and oxygen atoms in total. The van der Waals surface area contributed by atoms with Crippen LogP contribution in [0.2, 0.25) is 0 Å². The van der Waals surface area contributed by atoms with Crippen LogP contribution in [0.5, 0.6) is 11.5 Å². The van der Waals surface area contributed by atoms with Crippen molar-refractivity contribution in [1.82, 2.24) is 0 Å². The summed E-state index contributed by atoms with van der Waals surface area (Å²) in [5, 5.41) is 10.6. The smallest absolute Gasteiger partial charge is 0.316 e. The molecule has 0 aromatic heterocycles. The molecule has 3 rings (SSSR count). The van der Waals surface area contributed by atoms with Crippen LogP contribution in [-0.2, 0) is 27.2 Å². The zero-order valence-corrected chi connectivity index (χ0v) is 23.9. The summed E-state index contributed by atoms with van der Waals surface area (Å²) in [6.07, 6.45) is 1.76. The molecule has 0 saturated heterocycles. The van der Waals surface area contributed by atoms with Crippen LogP contribution in [0.25, 0.3) is 0 Å². The van der Waals surface area contributed by atoms with Gasteiger partial charge < -0.3 is 14.6 Å². The molecule has 212 valence electrons. The van der Waals surface area contributed by atoms with E-state index in [2.05, 4.69) is 0 Å². The van der Waals surface area contributed by atoms with Gasteiger partial charge in [0.05, 0.1) is 16.9 Å².